The first kappa shape index (κ1) is 21.6. The number of benzene rings is 1. The standard InChI is InChI=1S/C24H29F3N4O/c1-14-6-22(29-30-24(14)20-9-18(25)10-21(26)23(20)27)28-19-7-16-12-31(13-17(16)8-19)11-15-2-4-32-5-3-15/h6,9-10,15-17,19H,2-5,7-8,11-13H2,1H3,(H,28,29)/t16-,17+,19?. The van der Waals surface area contributed by atoms with Gasteiger partial charge in [0.25, 0.3) is 0 Å². The van der Waals surface area contributed by atoms with Gasteiger partial charge in [0.2, 0.25) is 0 Å². The Morgan fingerprint density at radius 3 is 2.44 bits per heavy atom. The summed E-state index contributed by atoms with van der Waals surface area (Å²) in [6, 6.07) is 3.58. The van der Waals surface area contributed by atoms with Crippen LogP contribution in [0.3, 0.4) is 0 Å². The molecule has 1 aliphatic carbocycles. The number of nitrogens with one attached hydrogen (secondary N) is 1. The number of ether oxygens (including phenoxy) is 1. The summed E-state index contributed by atoms with van der Waals surface area (Å²) in [6.45, 7) is 7.06. The molecule has 2 aliphatic heterocycles. The topological polar surface area (TPSA) is 50.3 Å². The predicted molar refractivity (Wildman–Crippen MR) is 116 cm³/mol. The van der Waals surface area contributed by atoms with Gasteiger partial charge in [-0.1, -0.05) is 0 Å². The highest BCUT2D eigenvalue weighted by molar-refractivity contribution is 5.64. The van der Waals surface area contributed by atoms with E-state index in [0.717, 1.165) is 51.1 Å². The molecule has 32 heavy (non-hydrogen) atoms. The lowest BCUT2D eigenvalue weighted by Gasteiger charge is -2.27. The van der Waals surface area contributed by atoms with Gasteiger partial charge in [-0.3, -0.25) is 0 Å². The Morgan fingerprint density at radius 2 is 1.75 bits per heavy atom. The fourth-order valence-electron chi connectivity index (χ4n) is 5.72. The summed E-state index contributed by atoms with van der Waals surface area (Å²) in [4.78, 5) is 2.63. The van der Waals surface area contributed by atoms with E-state index in [1.165, 1.54) is 19.4 Å². The monoisotopic (exact) mass is 446 g/mol. The van der Waals surface area contributed by atoms with E-state index in [2.05, 4.69) is 20.4 Å². The minimum absolute atomic E-state index is 0.151. The molecule has 0 bridgehead atoms. The summed E-state index contributed by atoms with van der Waals surface area (Å²) < 4.78 is 46.8. The van der Waals surface area contributed by atoms with Crippen LogP contribution in [-0.2, 0) is 4.74 Å². The number of rotatable bonds is 5. The molecule has 5 nitrogen and oxygen atoms in total. The molecular formula is C24H29F3N4O. The number of fused-ring (bicyclic) bond motifs is 1. The minimum atomic E-state index is -1.23. The Kier molecular flexibility index (Phi) is 6.07. The molecule has 0 radical (unpaired) electrons. The Morgan fingerprint density at radius 1 is 1.03 bits per heavy atom. The predicted octanol–water partition coefficient (Wildman–Crippen LogP) is 4.42. The third kappa shape index (κ3) is 4.48. The van der Waals surface area contributed by atoms with Gasteiger partial charge < -0.3 is 15.0 Å². The van der Waals surface area contributed by atoms with Crippen molar-refractivity contribution in [2.24, 2.45) is 17.8 Å². The summed E-state index contributed by atoms with van der Waals surface area (Å²) in [5.41, 5.74) is 0.560. The molecule has 1 aromatic carbocycles. The van der Waals surface area contributed by atoms with E-state index in [-0.39, 0.29) is 11.3 Å². The third-order valence-corrected chi connectivity index (χ3v) is 7.27. The van der Waals surface area contributed by atoms with Crippen LogP contribution in [0.5, 0.6) is 0 Å². The maximum Gasteiger partial charge on any atom is 0.168 e. The van der Waals surface area contributed by atoms with Crippen molar-refractivity contribution < 1.29 is 17.9 Å². The molecule has 2 saturated heterocycles. The normalized spacial score (nSPS) is 26.4. The highest BCUT2D eigenvalue weighted by atomic mass is 19.2. The molecule has 3 fully saturated rings. The second-order valence-corrected chi connectivity index (χ2v) is 9.62. The van der Waals surface area contributed by atoms with Gasteiger partial charge in [-0.2, -0.15) is 0 Å². The molecule has 0 spiro atoms. The van der Waals surface area contributed by atoms with E-state index in [9.17, 15) is 13.2 Å². The van der Waals surface area contributed by atoms with E-state index in [1.807, 2.05) is 0 Å². The first-order chi connectivity index (χ1) is 15.5. The maximum absolute atomic E-state index is 14.2. The number of halogens is 3. The molecule has 3 atom stereocenters. The van der Waals surface area contributed by atoms with E-state index >= 15 is 0 Å². The minimum Gasteiger partial charge on any atom is -0.381 e. The van der Waals surface area contributed by atoms with Crippen LogP contribution in [0.25, 0.3) is 11.3 Å². The number of anilines is 1. The zero-order valence-corrected chi connectivity index (χ0v) is 18.3. The lowest BCUT2D eigenvalue weighted by Crippen LogP contribution is -2.32. The van der Waals surface area contributed by atoms with Crippen molar-refractivity contribution in [2.45, 2.75) is 38.6 Å². The molecule has 1 unspecified atom stereocenters. The van der Waals surface area contributed by atoms with E-state index in [4.69, 9.17) is 4.74 Å². The average molecular weight is 447 g/mol. The van der Waals surface area contributed by atoms with Gasteiger partial charge in [-0.05, 0) is 68.1 Å². The van der Waals surface area contributed by atoms with Crippen LogP contribution >= 0.6 is 0 Å². The van der Waals surface area contributed by atoms with E-state index in [0.29, 0.717) is 35.3 Å². The molecule has 8 heteroatoms. The second kappa shape index (κ2) is 8.98. The first-order valence-electron chi connectivity index (χ1n) is 11.5. The Bertz CT molecular complexity index is 968. The molecule has 172 valence electrons. The molecule has 0 amide bonds. The van der Waals surface area contributed by atoms with Crippen LogP contribution in [0.4, 0.5) is 19.0 Å². The van der Waals surface area contributed by atoms with Crippen LogP contribution in [0.15, 0.2) is 18.2 Å². The molecule has 2 aromatic rings. The number of nitrogens with zero attached hydrogens (tertiary/aromatic N) is 3. The zero-order chi connectivity index (χ0) is 22.2. The third-order valence-electron chi connectivity index (χ3n) is 7.27. The average Bonchev–Trinajstić information content (AvgIpc) is 3.29. The van der Waals surface area contributed by atoms with Gasteiger partial charge in [-0.25, -0.2) is 13.2 Å². The number of hydrogen-bond acceptors (Lipinski definition) is 5. The number of aryl methyl sites for hydroxylation is 1. The molecule has 1 aromatic heterocycles. The van der Waals surface area contributed by atoms with Gasteiger partial charge in [0, 0.05) is 50.5 Å². The zero-order valence-electron chi connectivity index (χ0n) is 18.3. The summed E-state index contributed by atoms with van der Waals surface area (Å²) in [5.74, 6) is -0.400. The molecule has 3 heterocycles. The van der Waals surface area contributed by atoms with Crippen LogP contribution in [0.1, 0.15) is 31.2 Å². The fraction of sp³-hybridized carbons (Fsp3) is 0.583. The summed E-state index contributed by atoms with van der Waals surface area (Å²) in [6.07, 6.45) is 4.55. The largest absolute Gasteiger partial charge is 0.381 e. The summed E-state index contributed by atoms with van der Waals surface area (Å²) in [7, 11) is 0. The van der Waals surface area contributed by atoms with Crippen molar-refractivity contribution in [3.05, 3.63) is 41.2 Å². The van der Waals surface area contributed by atoms with Crippen molar-refractivity contribution in [1.82, 2.24) is 15.1 Å². The fourth-order valence-corrected chi connectivity index (χ4v) is 5.72. The van der Waals surface area contributed by atoms with Crippen molar-refractivity contribution in [2.75, 3.05) is 38.2 Å². The van der Waals surface area contributed by atoms with E-state index < -0.39 is 17.5 Å². The Balaban J connectivity index is 1.19. The van der Waals surface area contributed by atoms with Gasteiger partial charge in [0.05, 0.1) is 5.69 Å². The van der Waals surface area contributed by atoms with Crippen molar-refractivity contribution in [3.8, 4) is 11.3 Å². The SMILES string of the molecule is Cc1cc(NC2C[C@@H]3CN(CC4CCOCC4)C[C@@H]3C2)nnc1-c1cc(F)cc(F)c1F. The maximum atomic E-state index is 14.2. The molecule has 1 saturated carbocycles. The number of hydrogen-bond donors (Lipinski definition) is 1. The highest BCUT2D eigenvalue weighted by Crippen LogP contribution is 2.40. The highest BCUT2D eigenvalue weighted by Gasteiger charge is 2.41. The summed E-state index contributed by atoms with van der Waals surface area (Å²) >= 11 is 0. The molecular weight excluding hydrogens is 417 g/mol. The lowest BCUT2D eigenvalue weighted by atomic mass is 10.00. The van der Waals surface area contributed by atoms with Crippen molar-refractivity contribution >= 4 is 5.82 Å². The first-order valence-corrected chi connectivity index (χ1v) is 11.5. The van der Waals surface area contributed by atoms with Crippen LogP contribution in [0, 0.1) is 42.1 Å². The quantitative estimate of drug-likeness (QED) is 0.690. The molecule has 1 N–H and O–H groups in total. The van der Waals surface area contributed by atoms with Crippen LogP contribution in [0.2, 0.25) is 0 Å². The lowest BCUT2D eigenvalue weighted by molar-refractivity contribution is 0.0545. The number of likely N-dealkylation sites (tertiary alicyclic amines) is 1. The molecule has 5 rings (SSSR count). The Hall–Kier alpha value is -2.19. The van der Waals surface area contributed by atoms with Gasteiger partial charge >= 0.3 is 0 Å². The summed E-state index contributed by atoms with van der Waals surface area (Å²) in [5, 5.41) is 11.7. The smallest absolute Gasteiger partial charge is 0.168 e. The van der Waals surface area contributed by atoms with E-state index in [1.54, 1.807) is 13.0 Å². The van der Waals surface area contributed by atoms with Crippen molar-refractivity contribution in [3.63, 3.8) is 0 Å². The van der Waals surface area contributed by atoms with Gasteiger partial charge in [0.15, 0.2) is 11.6 Å². The van der Waals surface area contributed by atoms with Gasteiger partial charge in [0.1, 0.15) is 11.6 Å². The second-order valence-electron chi connectivity index (χ2n) is 9.62. The van der Waals surface area contributed by atoms with Crippen LogP contribution < -0.4 is 5.32 Å². The van der Waals surface area contributed by atoms with Gasteiger partial charge in [-0.15, -0.1) is 10.2 Å². The van der Waals surface area contributed by atoms with Crippen molar-refractivity contribution in [1.29, 1.82) is 0 Å². The van der Waals surface area contributed by atoms with Crippen LogP contribution in [-0.4, -0.2) is 54.0 Å². The molecule has 3 aliphatic rings. The number of aromatic nitrogens is 2. The Labute approximate surface area is 186 Å².